The van der Waals surface area contributed by atoms with Crippen molar-refractivity contribution in [2.24, 2.45) is 5.92 Å². The number of aliphatic hydroxyl groups is 1. The molecule has 1 aliphatic rings. The minimum Gasteiger partial charge on any atom is -0.550 e. The van der Waals surface area contributed by atoms with Crippen LogP contribution >= 0.6 is 0 Å². The third kappa shape index (κ3) is 4.94. The number of carboxylic acids is 1. The van der Waals surface area contributed by atoms with Crippen molar-refractivity contribution in [2.45, 2.75) is 38.2 Å². The van der Waals surface area contributed by atoms with E-state index < -0.39 is 5.97 Å². The average Bonchev–Trinajstić information content (AvgIpc) is 1.93. The fraction of sp³-hybridized carbons (Fsp3) is 0.875. The molecule has 0 atom stereocenters. The van der Waals surface area contributed by atoms with Gasteiger partial charge in [-0.15, -0.1) is 0 Å². The number of carboxylic acid groups (broad SMARTS) is 1. The monoisotopic (exact) mass is 196 g/mol. The van der Waals surface area contributed by atoms with Crippen molar-refractivity contribution in [3.63, 3.8) is 0 Å². The van der Waals surface area contributed by atoms with Gasteiger partial charge in [-0.1, -0.05) is 0 Å². The molecule has 1 rings (SSSR count). The first-order valence-electron chi connectivity index (χ1n) is 4.06. The fourth-order valence-corrected chi connectivity index (χ4v) is 1.58. The van der Waals surface area contributed by atoms with Crippen molar-refractivity contribution in [3.05, 3.63) is 0 Å². The second-order valence-electron chi connectivity index (χ2n) is 3.25. The van der Waals surface area contributed by atoms with E-state index in [4.69, 9.17) is 5.11 Å². The Bertz CT molecular complexity index is 141. The molecule has 0 saturated heterocycles. The molecule has 1 saturated carbocycles. The van der Waals surface area contributed by atoms with Gasteiger partial charge in [-0.3, -0.25) is 0 Å². The smallest absolute Gasteiger partial charge is 0.550 e. The Kier molecular flexibility index (Phi) is 7.09. The standard InChI is InChI=1S/C8H14O3.K/c9-7-3-1-6(2-4-7)5-8(10)11;/h6-7,9H,1-5H2,(H,10,11);/q;+1/p-1. The van der Waals surface area contributed by atoms with Crippen LogP contribution in [0.25, 0.3) is 0 Å². The van der Waals surface area contributed by atoms with Crippen LogP contribution < -0.4 is 56.5 Å². The van der Waals surface area contributed by atoms with Crippen LogP contribution in [0.2, 0.25) is 0 Å². The molecule has 0 heterocycles. The van der Waals surface area contributed by atoms with E-state index in [2.05, 4.69) is 0 Å². The summed E-state index contributed by atoms with van der Waals surface area (Å²) in [6.07, 6.45) is 3.11. The quantitative estimate of drug-likeness (QED) is 0.470. The van der Waals surface area contributed by atoms with Crippen molar-refractivity contribution < 1.29 is 66.4 Å². The zero-order chi connectivity index (χ0) is 8.27. The predicted octanol–water partition coefficient (Wildman–Crippen LogP) is -3.32. The zero-order valence-corrected chi connectivity index (χ0v) is 10.6. The van der Waals surface area contributed by atoms with Gasteiger partial charge in [0.2, 0.25) is 0 Å². The number of carbonyl (C=O) groups is 1. The number of aliphatic hydroxyl groups excluding tert-OH is 1. The van der Waals surface area contributed by atoms with E-state index in [0.29, 0.717) is 0 Å². The van der Waals surface area contributed by atoms with Crippen molar-refractivity contribution in [2.75, 3.05) is 0 Å². The minimum atomic E-state index is -0.966. The van der Waals surface area contributed by atoms with E-state index in [-0.39, 0.29) is 69.8 Å². The van der Waals surface area contributed by atoms with Gasteiger partial charge in [0.05, 0.1) is 6.10 Å². The predicted molar refractivity (Wildman–Crippen MR) is 37.6 cm³/mol. The Labute approximate surface area is 115 Å². The Hall–Kier alpha value is 1.07. The Morgan fingerprint density at radius 3 is 2.25 bits per heavy atom. The number of carbonyl (C=O) groups excluding carboxylic acids is 1. The van der Waals surface area contributed by atoms with Gasteiger partial charge >= 0.3 is 51.4 Å². The van der Waals surface area contributed by atoms with Gasteiger partial charge in [0.25, 0.3) is 0 Å². The van der Waals surface area contributed by atoms with Gasteiger partial charge < -0.3 is 15.0 Å². The maximum absolute atomic E-state index is 10.2. The van der Waals surface area contributed by atoms with E-state index in [0.717, 1.165) is 25.7 Å². The number of aliphatic carboxylic acids is 1. The van der Waals surface area contributed by atoms with Crippen molar-refractivity contribution in [1.82, 2.24) is 0 Å². The Morgan fingerprint density at radius 2 is 1.83 bits per heavy atom. The molecular formula is C8H13KO3. The van der Waals surface area contributed by atoms with Crippen LogP contribution in [0.3, 0.4) is 0 Å². The molecule has 0 aromatic carbocycles. The third-order valence-corrected chi connectivity index (χ3v) is 2.27. The summed E-state index contributed by atoms with van der Waals surface area (Å²) in [4.78, 5) is 10.2. The summed E-state index contributed by atoms with van der Waals surface area (Å²) in [7, 11) is 0. The van der Waals surface area contributed by atoms with Gasteiger partial charge in [0, 0.05) is 5.97 Å². The van der Waals surface area contributed by atoms with Gasteiger partial charge in [-0.05, 0) is 38.0 Å². The first-order valence-corrected chi connectivity index (χ1v) is 4.06. The SMILES string of the molecule is O=C([O-])CC1CCC(O)CC1.[K+]. The average molecular weight is 196 g/mol. The van der Waals surface area contributed by atoms with Crippen LogP contribution in [-0.2, 0) is 4.79 Å². The normalized spacial score (nSPS) is 29.1. The molecule has 0 radical (unpaired) electrons. The summed E-state index contributed by atoms with van der Waals surface area (Å²) in [5, 5.41) is 19.3. The molecule has 0 aromatic heterocycles. The molecule has 0 spiro atoms. The van der Waals surface area contributed by atoms with Crippen molar-refractivity contribution in [1.29, 1.82) is 0 Å². The number of rotatable bonds is 2. The molecular weight excluding hydrogens is 183 g/mol. The molecule has 0 aromatic rings. The molecule has 3 nitrogen and oxygen atoms in total. The van der Waals surface area contributed by atoms with Gasteiger partial charge in [-0.2, -0.15) is 0 Å². The van der Waals surface area contributed by atoms with E-state index in [1.54, 1.807) is 0 Å². The first-order chi connectivity index (χ1) is 5.18. The Balaban J connectivity index is 0.00000121. The van der Waals surface area contributed by atoms with E-state index >= 15 is 0 Å². The molecule has 1 aliphatic carbocycles. The van der Waals surface area contributed by atoms with Gasteiger partial charge in [-0.25, -0.2) is 0 Å². The summed E-state index contributed by atoms with van der Waals surface area (Å²) in [5.41, 5.74) is 0. The molecule has 1 N–H and O–H groups in total. The summed E-state index contributed by atoms with van der Waals surface area (Å²) >= 11 is 0. The van der Waals surface area contributed by atoms with E-state index in [1.165, 1.54) is 0 Å². The van der Waals surface area contributed by atoms with Crippen LogP contribution in [0.5, 0.6) is 0 Å². The molecule has 0 unspecified atom stereocenters. The van der Waals surface area contributed by atoms with E-state index in [1.807, 2.05) is 0 Å². The molecule has 64 valence electrons. The molecule has 0 bridgehead atoms. The van der Waals surface area contributed by atoms with Crippen LogP contribution in [0.1, 0.15) is 32.1 Å². The molecule has 12 heavy (non-hydrogen) atoms. The summed E-state index contributed by atoms with van der Waals surface area (Å²) in [5.74, 6) is -0.727. The summed E-state index contributed by atoms with van der Waals surface area (Å²) in [6.45, 7) is 0. The third-order valence-electron chi connectivity index (χ3n) is 2.27. The van der Waals surface area contributed by atoms with Crippen LogP contribution in [0, 0.1) is 5.92 Å². The molecule has 1 fully saturated rings. The largest absolute Gasteiger partial charge is 1.00 e. The second kappa shape index (κ2) is 6.51. The van der Waals surface area contributed by atoms with Gasteiger partial charge in [0.15, 0.2) is 0 Å². The zero-order valence-electron chi connectivity index (χ0n) is 7.45. The molecule has 4 heteroatoms. The van der Waals surface area contributed by atoms with Crippen LogP contribution in [-0.4, -0.2) is 17.2 Å². The Morgan fingerprint density at radius 1 is 1.33 bits per heavy atom. The topological polar surface area (TPSA) is 60.4 Å². The molecule has 0 aliphatic heterocycles. The van der Waals surface area contributed by atoms with Gasteiger partial charge in [0.1, 0.15) is 0 Å². The minimum absolute atomic E-state index is 0. The summed E-state index contributed by atoms with van der Waals surface area (Å²) in [6, 6.07) is 0. The van der Waals surface area contributed by atoms with Crippen LogP contribution in [0.15, 0.2) is 0 Å². The fourth-order valence-electron chi connectivity index (χ4n) is 1.58. The molecule has 0 amide bonds. The maximum Gasteiger partial charge on any atom is 1.00 e. The number of hydrogen-bond acceptors (Lipinski definition) is 3. The van der Waals surface area contributed by atoms with Crippen molar-refractivity contribution in [3.8, 4) is 0 Å². The second-order valence-corrected chi connectivity index (χ2v) is 3.25. The maximum atomic E-state index is 10.2. The van der Waals surface area contributed by atoms with Crippen molar-refractivity contribution >= 4 is 5.97 Å². The first kappa shape index (κ1) is 13.1. The summed E-state index contributed by atoms with van der Waals surface area (Å²) < 4.78 is 0. The number of hydrogen-bond donors (Lipinski definition) is 1. The van der Waals surface area contributed by atoms with E-state index in [9.17, 15) is 9.90 Å². The van der Waals surface area contributed by atoms with Crippen LogP contribution in [0.4, 0.5) is 0 Å².